The summed E-state index contributed by atoms with van der Waals surface area (Å²) < 4.78 is 25.5. The molecular formula is C17H24FNO2. The zero-order chi connectivity index (χ0) is 14.7. The average Bonchev–Trinajstić information content (AvgIpc) is 3.07. The molecule has 4 heteroatoms. The van der Waals surface area contributed by atoms with Crippen molar-refractivity contribution in [3.63, 3.8) is 0 Å². The Morgan fingerprint density at radius 2 is 2.10 bits per heavy atom. The molecule has 0 aromatic heterocycles. The van der Waals surface area contributed by atoms with E-state index in [1.165, 1.54) is 37.8 Å². The van der Waals surface area contributed by atoms with Gasteiger partial charge in [0.05, 0.1) is 11.7 Å². The number of benzene rings is 1. The minimum Gasteiger partial charge on any atom is -0.491 e. The highest BCUT2D eigenvalue weighted by Crippen LogP contribution is 2.43. The Bertz CT molecular complexity index is 486. The number of hydrogen-bond donors (Lipinski definition) is 1. The summed E-state index contributed by atoms with van der Waals surface area (Å²) in [6.07, 6.45) is 7.30. The number of nitrogens with one attached hydrogen (secondary N) is 1. The quantitative estimate of drug-likeness (QED) is 0.902. The van der Waals surface area contributed by atoms with Gasteiger partial charge in [-0.2, -0.15) is 0 Å². The molecule has 3 rings (SSSR count). The third-order valence-corrected chi connectivity index (χ3v) is 4.60. The van der Waals surface area contributed by atoms with E-state index in [9.17, 15) is 4.39 Å². The van der Waals surface area contributed by atoms with E-state index in [-0.39, 0.29) is 17.5 Å². The van der Waals surface area contributed by atoms with Crippen LogP contribution in [0.25, 0.3) is 0 Å². The molecule has 1 aromatic carbocycles. The van der Waals surface area contributed by atoms with Gasteiger partial charge in [0.2, 0.25) is 0 Å². The maximum Gasteiger partial charge on any atom is 0.127 e. The Labute approximate surface area is 125 Å². The van der Waals surface area contributed by atoms with Crippen molar-refractivity contribution in [3.8, 4) is 5.75 Å². The molecule has 1 saturated heterocycles. The molecule has 1 aromatic rings. The maximum absolute atomic E-state index is 13.6. The van der Waals surface area contributed by atoms with Crippen molar-refractivity contribution in [2.45, 2.75) is 56.8 Å². The molecule has 1 unspecified atom stereocenters. The van der Waals surface area contributed by atoms with E-state index in [0.717, 1.165) is 18.4 Å². The summed E-state index contributed by atoms with van der Waals surface area (Å²) in [6, 6.07) is 4.86. The zero-order valence-electron chi connectivity index (χ0n) is 12.7. The van der Waals surface area contributed by atoms with Gasteiger partial charge in [0, 0.05) is 12.6 Å². The van der Waals surface area contributed by atoms with Crippen LogP contribution in [0.2, 0.25) is 0 Å². The fourth-order valence-electron chi connectivity index (χ4n) is 3.60. The molecule has 1 saturated carbocycles. The summed E-state index contributed by atoms with van der Waals surface area (Å²) >= 11 is 0. The predicted molar refractivity (Wildman–Crippen MR) is 80.0 cm³/mol. The van der Waals surface area contributed by atoms with Crippen LogP contribution in [0.4, 0.5) is 4.39 Å². The van der Waals surface area contributed by atoms with Crippen molar-refractivity contribution < 1.29 is 13.9 Å². The molecule has 0 amide bonds. The van der Waals surface area contributed by atoms with Gasteiger partial charge in [0.25, 0.3) is 0 Å². The van der Waals surface area contributed by atoms with Crippen LogP contribution in [0.3, 0.4) is 0 Å². The third kappa shape index (κ3) is 3.55. The Morgan fingerprint density at radius 1 is 1.29 bits per heavy atom. The summed E-state index contributed by atoms with van der Waals surface area (Å²) in [7, 11) is 1.85. The van der Waals surface area contributed by atoms with Crippen LogP contribution in [0.1, 0.15) is 44.1 Å². The van der Waals surface area contributed by atoms with Gasteiger partial charge in [-0.1, -0.05) is 12.8 Å². The molecule has 1 aliphatic heterocycles. The first-order valence-corrected chi connectivity index (χ1v) is 7.94. The Balaban J connectivity index is 1.55. The van der Waals surface area contributed by atoms with Crippen molar-refractivity contribution in [3.05, 3.63) is 29.6 Å². The minimum absolute atomic E-state index is 0.132. The van der Waals surface area contributed by atoms with Crippen LogP contribution in [-0.2, 0) is 11.3 Å². The molecule has 0 bridgehead atoms. The molecule has 2 fully saturated rings. The predicted octanol–water partition coefficient (Wildman–Crippen LogP) is 3.42. The van der Waals surface area contributed by atoms with E-state index in [4.69, 9.17) is 9.47 Å². The lowest BCUT2D eigenvalue weighted by Gasteiger charge is -2.23. The van der Waals surface area contributed by atoms with Gasteiger partial charge in [-0.3, -0.25) is 0 Å². The number of ether oxygens (including phenoxy) is 2. The van der Waals surface area contributed by atoms with Crippen molar-refractivity contribution in [1.29, 1.82) is 0 Å². The zero-order valence-corrected chi connectivity index (χ0v) is 12.7. The third-order valence-electron chi connectivity index (χ3n) is 4.60. The van der Waals surface area contributed by atoms with Crippen LogP contribution in [-0.4, -0.2) is 25.4 Å². The fraction of sp³-hybridized carbons (Fsp3) is 0.647. The molecule has 116 valence electrons. The molecule has 0 radical (unpaired) electrons. The molecule has 1 spiro atoms. The van der Waals surface area contributed by atoms with E-state index < -0.39 is 0 Å². The molecule has 1 aliphatic carbocycles. The first-order chi connectivity index (χ1) is 10.2. The van der Waals surface area contributed by atoms with Crippen LogP contribution < -0.4 is 10.1 Å². The van der Waals surface area contributed by atoms with Crippen molar-refractivity contribution in [2.75, 3.05) is 13.7 Å². The Kier molecular flexibility index (Phi) is 4.45. The molecule has 21 heavy (non-hydrogen) atoms. The van der Waals surface area contributed by atoms with E-state index in [1.807, 2.05) is 13.1 Å². The fourth-order valence-corrected chi connectivity index (χ4v) is 3.60. The van der Waals surface area contributed by atoms with E-state index in [2.05, 4.69) is 5.32 Å². The summed E-state index contributed by atoms with van der Waals surface area (Å²) in [5.74, 6) is 0.341. The van der Waals surface area contributed by atoms with Gasteiger partial charge in [-0.25, -0.2) is 4.39 Å². The van der Waals surface area contributed by atoms with Gasteiger partial charge in [0.1, 0.15) is 18.2 Å². The molecule has 3 nitrogen and oxygen atoms in total. The molecule has 1 N–H and O–H groups in total. The highest BCUT2D eigenvalue weighted by atomic mass is 19.1. The average molecular weight is 293 g/mol. The summed E-state index contributed by atoms with van der Waals surface area (Å²) in [6.45, 7) is 1.15. The highest BCUT2D eigenvalue weighted by Gasteiger charge is 2.42. The second kappa shape index (κ2) is 6.32. The molecule has 1 atom stereocenters. The Hall–Kier alpha value is -1.13. The van der Waals surface area contributed by atoms with Crippen molar-refractivity contribution in [1.82, 2.24) is 5.32 Å². The lowest BCUT2D eigenvalue weighted by atomic mass is 9.98. The molecule has 1 heterocycles. The lowest BCUT2D eigenvalue weighted by molar-refractivity contribution is -0.0509. The molecule has 2 aliphatic rings. The first kappa shape index (κ1) is 14.8. The normalized spacial score (nSPS) is 23.8. The SMILES string of the molecule is CNCc1cc(F)cc(OCC2CCC3(CCCC3)O2)c1. The topological polar surface area (TPSA) is 30.5 Å². The first-order valence-electron chi connectivity index (χ1n) is 7.94. The standard InChI is InChI=1S/C17H24FNO2/c1-19-11-13-8-14(18)10-16(9-13)20-12-15-4-7-17(21-15)5-2-3-6-17/h8-10,15,19H,2-7,11-12H2,1H3. The number of halogens is 1. The van der Waals surface area contributed by atoms with Gasteiger partial charge in [-0.05, 0) is 50.4 Å². The van der Waals surface area contributed by atoms with Gasteiger partial charge < -0.3 is 14.8 Å². The van der Waals surface area contributed by atoms with Crippen LogP contribution in [0.5, 0.6) is 5.75 Å². The van der Waals surface area contributed by atoms with Gasteiger partial charge in [-0.15, -0.1) is 0 Å². The van der Waals surface area contributed by atoms with Crippen LogP contribution in [0, 0.1) is 5.82 Å². The molecular weight excluding hydrogens is 269 g/mol. The second-order valence-corrected chi connectivity index (χ2v) is 6.31. The maximum atomic E-state index is 13.6. The number of hydrogen-bond acceptors (Lipinski definition) is 3. The van der Waals surface area contributed by atoms with Crippen molar-refractivity contribution in [2.24, 2.45) is 0 Å². The highest BCUT2D eigenvalue weighted by molar-refractivity contribution is 5.29. The minimum atomic E-state index is -0.252. The number of rotatable bonds is 5. The largest absolute Gasteiger partial charge is 0.491 e. The van der Waals surface area contributed by atoms with E-state index in [1.54, 1.807) is 0 Å². The summed E-state index contributed by atoms with van der Waals surface area (Å²) in [4.78, 5) is 0. The van der Waals surface area contributed by atoms with Crippen molar-refractivity contribution >= 4 is 0 Å². The second-order valence-electron chi connectivity index (χ2n) is 6.31. The lowest BCUT2D eigenvalue weighted by Crippen LogP contribution is -2.27. The summed E-state index contributed by atoms with van der Waals surface area (Å²) in [5.41, 5.74) is 1.03. The van der Waals surface area contributed by atoms with Crippen LogP contribution >= 0.6 is 0 Å². The smallest absolute Gasteiger partial charge is 0.127 e. The Morgan fingerprint density at radius 3 is 2.86 bits per heavy atom. The van der Waals surface area contributed by atoms with Gasteiger partial charge >= 0.3 is 0 Å². The van der Waals surface area contributed by atoms with Crippen LogP contribution in [0.15, 0.2) is 18.2 Å². The van der Waals surface area contributed by atoms with E-state index in [0.29, 0.717) is 18.9 Å². The monoisotopic (exact) mass is 293 g/mol. The van der Waals surface area contributed by atoms with E-state index >= 15 is 0 Å². The van der Waals surface area contributed by atoms with Gasteiger partial charge in [0.15, 0.2) is 0 Å². The summed E-state index contributed by atoms with van der Waals surface area (Å²) in [5, 5.41) is 3.02.